The third-order valence-electron chi connectivity index (χ3n) is 3.46. The second-order valence-corrected chi connectivity index (χ2v) is 7.01. The van der Waals surface area contributed by atoms with E-state index in [1.165, 1.54) is 0 Å². The molecule has 0 spiro atoms. The van der Waals surface area contributed by atoms with Crippen molar-refractivity contribution in [2.75, 3.05) is 32.7 Å². The second kappa shape index (κ2) is 7.61. The Bertz CT molecular complexity index is 430. The minimum absolute atomic E-state index is 0.0264. The van der Waals surface area contributed by atoms with E-state index in [-0.39, 0.29) is 29.4 Å². The molecule has 1 aliphatic heterocycles. The Morgan fingerprint density at radius 1 is 1.10 bits per heavy atom. The smallest absolute Gasteiger partial charge is 0.230 e. The number of amides is 1. The van der Waals surface area contributed by atoms with E-state index < -0.39 is 0 Å². The fourth-order valence-electron chi connectivity index (χ4n) is 2.04. The molecule has 4 heteroatoms. The van der Waals surface area contributed by atoms with Gasteiger partial charge in [0.2, 0.25) is 5.91 Å². The molecule has 0 aromatic heterocycles. The molecule has 0 atom stereocenters. The standard InChI is InChI=1S/C17H28N2O2/c1-14(2)15(20)13-16(21)19-11-9-18(10-12-19)8-6-7-17(3,4)5/h14H,8-13H2,1-5H3. The minimum Gasteiger partial charge on any atom is -0.340 e. The maximum atomic E-state index is 12.0. The first-order valence-electron chi connectivity index (χ1n) is 7.72. The van der Waals surface area contributed by atoms with Crippen molar-refractivity contribution in [1.82, 2.24) is 9.80 Å². The number of hydrogen-bond donors (Lipinski definition) is 0. The Morgan fingerprint density at radius 3 is 2.14 bits per heavy atom. The molecular formula is C17H28N2O2. The summed E-state index contributed by atoms with van der Waals surface area (Å²) in [5, 5.41) is 0. The molecule has 1 aliphatic rings. The highest BCUT2D eigenvalue weighted by molar-refractivity contribution is 5.98. The van der Waals surface area contributed by atoms with Crippen molar-refractivity contribution in [3.8, 4) is 11.8 Å². The predicted octanol–water partition coefficient (Wildman–Crippen LogP) is 1.80. The molecule has 0 aromatic carbocycles. The zero-order valence-electron chi connectivity index (χ0n) is 14.0. The van der Waals surface area contributed by atoms with Crippen molar-refractivity contribution >= 4 is 11.7 Å². The molecule has 21 heavy (non-hydrogen) atoms. The van der Waals surface area contributed by atoms with Crippen molar-refractivity contribution in [3.63, 3.8) is 0 Å². The van der Waals surface area contributed by atoms with Gasteiger partial charge in [0.05, 0.1) is 13.0 Å². The molecule has 1 rings (SSSR count). The minimum atomic E-state index is -0.0667. The van der Waals surface area contributed by atoms with Gasteiger partial charge in [-0.05, 0) is 20.8 Å². The Labute approximate surface area is 128 Å². The molecule has 0 radical (unpaired) electrons. The van der Waals surface area contributed by atoms with Crippen LogP contribution in [-0.2, 0) is 9.59 Å². The number of carbonyl (C=O) groups is 2. The number of carbonyl (C=O) groups excluding carboxylic acids is 2. The predicted molar refractivity (Wildman–Crippen MR) is 84.7 cm³/mol. The lowest BCUT2D eigenvalue weighted by Gasteiger charge is -2.33. The summed E-state index contributed by atoms with van der Waals surface area (Å²) in [4.78, 5) is 27.7. The molecule has 0 aromatic rings. The lowest BCUT2D eigenvalue weighted by atomic mass is 9.98. The van der Waals surface area contributed by atoms with Crippen LogP contribution >= 0.6 is 0 Å². The van der Waals surface area contributed by atoms with Crippen LogP contribution in [0, 0.1) is 23.2 Å². The highest BCUT2D eigenvalue weighted by Crippen LogP contribution is 2.10. The van der Waals surface area contributed by atoms with Crippen molar-refractivity contribution < 1.29 is 9.59 Å². The third kappa shape index (κ3) is 6.77. The number of piperazine rings is 1. The average Bonchev–Trinajstić information content (AvgIpc) is 2.37. The summed E-state index contributed by atoms with van der Waals surface area (Å²) in [5.41, 5.74) is 0.0367. The average molecular weight is 292 g/mol. The van der Waals surface area contributed by atoms with Crippen LogP contribution in [-0.4, -0.2) is 54.2 Å². The van der Waals surface area contributed by atoms with Crippen molar-refractivity contribution in [2.24, 2.45) is 11.3 Å². The summed E-state index contributed by atoms with van der Waals surface area (Å²) in [5.74, 6) is 6.36. The van der Waals surface area contributed by atoms with E-state index in [1.807, 2.05) is 13.8 Å². The molecule has 1 saturated heterocycles. The molecule has 118 valence electrons. The molecule has 1 fully saturated rings. The third-order valence-corrected chi connectivity index (χ3v) is 3.46. The quantitative estimate of drug-likeness (QED) is 0.586. The van der Waals surface area contributed by atoms with Crippen molar-refractivity contribution in [3.05, 3.63) is 0 Å². The second-order valence-electron chi connectivity index (χ2n) is 7.01. The van der Waals surface area contributed by atoms with Gasteiger partial charge in [-0.15, -0.1) is 0 Å². The lowest BCUT2D eigenvalue weighted by molar-refractivity contribution is -0.137. The lowest BCUT2D eigenvalue weighted by Crippen LogP contribution is -2.49. The summed E-state index contributed by atoms with van der Waals surface area (Å²) in [6.45, 7) is 13.8. The van der Waals surface area contributed by atoms with E-state index in [4.69, 9.17) is 0 Å². The summed E-state index contributed by atoms with van der Waals surface area (Å²) in [6.07, 6.45) is 0.0432. The van der Waals surface area contributed by atoms with E-state index in [9.17, 15) is 9.59 Å². The fraction of sp³-hybridized carbons (Fsp3) is 0.765. The number of ketones is 1. The topological polar surface area (TPSA) is 40.6 Å². The van der Waals surface area contributed by atoms with Crippen molar-refractivity contribution in [2.45, 2.75) is 41.0 Å². The maximum Gasteiger partial charge on any atom is 0.230 e. The molecule has 0 aliphatic carbocycles. The Hall–Kier alpha value is -1.34. The molecule has 0 saturated carbocycles. The molecule has 4 nitrogen and oxygen atoms in total. The molecule has 0 bridgehead atoms. The largest absolute Gasteiger partial charge is 0.340 e. The van der Waals surface area contributed by atoms with Gasteiger partial charge < -0.3 is 4.90 Å². The Morgan fingerprint density at radius 2 is 1.67 bits per heavy atom. The van der Waals surface area contributed by atoms with Gasteiger partial charge in [-0.1, -0.05) is 25.7 Å². The first-order chi connectivity index (χ1) is 9.69. The fourth-order valence-corrected chi connectivity index (χ4v) is 2.04. The summed E-state index contributed by atoms with van der Waals surface area (Å²) >= 11 is 0. The van der Waals surface area contributed by atoms with Crippen LogP contribution in [0.5, 0.6) is 0 Å². The van der Waals surface area contributed by atoms with Crippen LogP contribution in [0.25, 0.3) is 0 Å². The van der Waals surface area contributed by atoms with E-state index >= 15 is 0 Å². The van der Waals surface area contributed by atoms with E-state index in [2.05, 4.69) is 37.5 Å². The molecule has 0 unspecified atom stereocenters. The first-order valence-corrected chi connectivity index (χ1v) is 7.72. The van der Waals surface area contributed by atoms with Gasteiger partial charge in [-0.25, -0.2) is 0 Å². The van der Waals surface area contributed by atoms with E-state index in [0.717, 1.165) is 19.6 Å². The van der Waals surface area contributed by atoms with Crippen LogP contribution in [0.4, 0.5) is 0 Å². The monoisotopic (exact) mass is 292 g/mol. The van der Waals surface area contributed by atoms with Crippen LogP contribution in [0.15, 0.2) is 0 Å². The van der Waals surface area contributed by atoms with Gasteiger partial charge in [-0.2, -0.15) is 0 Å². The summed E-state index contributed by atoms with van der Waals surface area (Å²) in [6, 6.07) is 0. The molecule has 0 N–H and O–H groups in total. The Balaban J connectivity index is 2.36. The summed E-state index contributed by atoms with van der Waals surface area (Å²) in [7, 11) is 0. The highest BCUT2D eigenvalue weighted by Gasteiger charge is 2.23. The number of rotatable bonds is 4. The van der Waals surface area contributed by atoms with Crippen LogP contribution in [0.3, 0.4) is 0 Å². The number of hydrogen-bond acceptors (Lipinski definition) is 3. The number of Topliss-reactive ketones (excluding diaryl/α,β-unsaturated/α-hetero) is 1. The van der Waals surface area contributed by atoms with Gasteiger partial charge in [-0.3, -0.25) is 14.5 Å². The van der Waals surface area contributed by atoms with Gasteiger partial charge in [0.15, 0.2) is 0 Å². The molecule has 1 heterocycles. The molecular weight excluding hydrogens is 264 g/mol. The first kappa shape index (κ1) is 17.7. The molecule has 1 amide bonds. The van der Waals surface area contributed by atoms with E-state index in [0.29, 0.717) is 13.1 Å². The van der Waals surface area contributed by atoms with E-state index in [1.54, 1.807) is 4.90 Å². The van der Waals surface area contributed by atoms with Gasteiger partial charge >= 0.3 is 0 Å². The van der Waals surface area contributed by atoms with Crippen LogP contribution in [0.2, 0.25) is 0 Å². The maximum absolute atomic E-state index is 12.0. The SMILES string of the molecule is CC(C)C(=O)CC(=O)N1CCN(CC#CC(C)(C)C)CC1. The van der Waals surface area contributed by atoms with Crippen LogP contribution in [0.1, 0.15) is 41.0 Å². The number of nitrogens with zero attached hydrogens (tertiary/aromatic N) is 2. The summed E-state index contributed by atoms with van der Waals surface area (Å²) < 4.78 is 0. The van der Waals surface area contributed by atoms with Crippen LogP contribution < -0.4 is 0 Å². The van der Waals surface area contributed by atoms with Gasteiger partial charge in [0.25, 0.3) is 0 Å². The zero-order chi connectivity index (χ0) is 16.0. The van der Waals surface area contributed by atoms with Gasteiger partial charge in [0, 0.05) is 37.5 Å². The van der Waals surface area contributed by atoms with Gasteiger partial charge in [0.1, 0.15) is 5.78 Å². The highest BCUT2D eigenvalue weighted by atomic mass is 16.2. The van der Waals surface area contributed by atoms with Crippen molar-refractivity contribution in [1.29, 1.82) is 0 Å². The zero-order valence-corrected chi connectivity index (χ0v) is 14.0. The normalized spacial score (nSPS) is 16.6. The Kier molecular flexibility index (Phi) is 6.42.